The normalized spacial score (nSPS) is 25.7. The number of hydrogen-bond acceptors (Lipinski definition) is 2. The Morgan fingerprint density at radius 3 is 1.79 bits per heavy atom. The Bertz CT molecular complexity index is 186. The molecule has 1 heterocycles. The maximum absolute atomic E-state index is 5.98. The molecule has 0 spiro atoms. The molecular weight excluding hydrogens is 176 g/mol. The molecule has 0 aliphatic carbocycles. The van der Waals surface area contributed by atoms with E-state index in [4.69, 9.17) is 9.47 Å². The van der Waals surface area contributed by atoms with Gasteiger partial charge in [-0.1, -0.05) is 41.5 Å². The van der Waals surface area contributed by atoms with Gasteiger partial charge in [-0.25, -0.2) is 0 Å². The van der Waals surface area contributed by atoms with Gasteiger partial charge in [0.1, 0.15) is 6.79 Å². The van der Waals surface area contributed by atoms with Gasteiger partial charge < -0.3 is 9.47 Å². The van der Waals surface area contributed by atoms with Gasteiger partial charge in [0.2, 0.25) is 0 Å². The molecule has 1 aliphatic heterocycles. The third-order valence-corrected chi connectivity index (χ3v) is 3.62. The smallest absolute Gasteiger partial charge is 0.147 e. The van der Waals surface area contributed by atoms with Gasteiger partial charge in [-0.05, 0) is 11.8 Å². The highest BCUT2D eigenvalue weighted by Gasteiger charge is 2.52. The van der Waals surface area contributed by atoms with Crippen LogP contribution in [-0.2, 0) is 9.47 Å². The minimum absolute atomic E-state index is 0.0503. The van der Waals surface area contributed by atoms with Gasteiger partial charge >= 0.3 is 0 Å². The zero-order valence-electron chi connectivity index (χ0n) is 10.4. The van der Waals surface area contributed by atoms with Crippen LogP contribution < -0.4 is 0 Å². The largest absolute Gasteiger partial charge is 0.355 e. The maximum atomic E-state index is 5.98. The summed E-state index contributed by atoms with van der Waals surface area (Å²) in [6.45, 7) is 14.7. The van der Waals surface area contributed by atoms with Crippen molar-refractivity contribution < 1.29 is 9.47 Å². The van der Waals surface area contributed by atoms with Gasteiger partial charge in [0.05, 0.1) is 12.2 Å². The van der Waals surface area contributed by atoms with E-state index in [1.165, 1.54) is 0 Å². The molecule has 0 saturated carbocycles. The molecule has 84 valence electrons. The van der Waals surface area contributed by atoms with E-state index in [-0.39, 0.29) is 11.0 Å². The van der Waals surface area contributed by atoms with Gasteiger partial charge in [0.25, 0.3) is 0 Å². The predicted octanol–water partition coefficient (Wildman–Crippen LogP) is 3.07. The lowest BCUT2D eigenvalue weighted by Crippen LogP contribution is -2.60. The Kier molecular flexibility index (Phi) is 3.27. The van der Waals surface area contributed by atoms with E-state index in [0.29, 0.717) is 18.6 Å². The second kappa shape index (κ2) is 3.82. The number of hydrogen-bond donors (Lipinski definition) is 0. The van der Waals surface area contributed by atoms with E-state index in [1.54, 1.807) is 0 Å². The maximum Gasteiger partial charge on any atom is 0.147 e. The molecule has 0 atom stereocenters. The monoisotopic (exact) mass is 200 g/mol. The molecule has 0 radical (unpaired) electrons. The summed E-state index contributed by atoms with van der Waals surface area (Å²) in [5, 5.41) is 0. The first-order valence-corrected chi connectivity index (χ1v) is 5.56. The quantitative estimate of drug-likeness (QED) is 0.682. The van der Waals surface area contributed by atoms with Crippen molar-refractivity contribution in [2.75, 3.05) is 13.4 Å². The summed E-state index contributed by atoms with van der Waals surface area (Å²) in [6.07, 6.45) is 0. The van der Waals surface area contributed by atoms with Crippen molar-refractivity contribution in [3.05, 3.63) is 0 Å². The summed E-state index contributed by atoms with van der Waals surface area (Å²) < 4.78 is 11.4. The van der Waals surface area contributed by atoms with Crippen molar-refractivity contribution in [1.82, 2.24) is 0 Å². The molecule has 0 aromatic heterocycles. The van der Waals surface area contributed by atoms with Gasteiger partial charge in [0.15, 0.2) is 0 Å². The van der Waals surface area contributed by atoms with Crippen molar-refractivity contribution in [3.63, 3.8) is 0 Å². The average molecular weight is 200 g/mol. The fourth-order valence-electron chi connectivity index (χ4n) is 3.31. The molecule has 0 aromatic rings. The fourth-order valence-corrected chi connectivity index (χ4v) is 3.31. The average Bonchev–Trinajstić information content (AvgIpc) is 2.02. The van der Waals surface area contributed by atoms with Crippen molar-refractivity contribution >= 4 is 0 Å². The Morgan fingerprint density at radius 2 is 1.50 bits per heavy atom. The molecule has 0 bridgehead atoms. The van der Waals surface area contributed by atoms with Crippen LogP contribution in [0.1, 0.15) is 41.5 Å². The minimum atomic E-state index is -0.0503. The molecule has 0 amide bonds. The first kappa shape index (κ1) is 12.0. The van der Waals surface area contributed by atoms with Crippen LogP contribution in [0, 0.1) is 17.3 Å². The van der Waals surface area contributed by atoms with Crippen molar-refractivity contribution in [1.29, 1.82) is 0 Å². The fraction of sp³-hybridized carbons (Fsp3) is 1.00. The van der Waals surface area contributed by atoms with Gasteiger partial charge in [-0.2, -0.15) is 0 Å². The van der Waals surface area contributed by atoms with Crippen LogP contribution in [0.5, 0.6) is 0 Å². The van der Waals surface area contributed by atoms with E-state index in [2.05, 4.69) is 41.5 Å². The van der Waals surface area contributed by atoms with Gasteiger partial charge in [-0.15, -0.1) is 0 Å². The summed E-state index contributed by atoms with van der Waals surface area (Å²) in [6, 6.07) is 0. The lowest BCUT2D eigenvalue weighted by atomic mass is 9.63. The Balaban J connectivity index is 3.05. The van der Waals surface area contributed by atoms with Crippen molar-refractivity contribution in [3.8, 4) is 0 Å². The highest BCUT2D eigenvalue weighted by Crippen LogP contribution is 2.47. The van der Waals surface area contributed by atoms with Crippen LogP contribution in [-0.4, -0.2) is 19.0 Å². The third-order valence-electron chi connectivity index (χ3n) is 3.62. The lowest BCUT2D eigenvalue weighted by Gasteiger charge is -2.54. The van der Waals surface area contributed by atoms with E-state index < -0.39 is 0 Å². The molecule has 1 aliphatic rings. The second-order valence-corrected chi connectivity index (χ2v) is 5.60. The van der Waals surface area contributed by atoms with E-state index in [0.717, 1.165) is 6.61 Å². The Morgan fingerprint density at radius 1 is 1.00 bits per heavy atom. The Hall–Kier alpha value is -0.0800. The molecule has 0 unspecified atom stereocenters. The molecule has 1 rings (SSSR count). The third kappa shape index (κ3) is 1.59. The van der Waals surface area contributed by atoms with Crippen molar-refractivity contribution in [2.45, 2.75) is 47.1 Å². The standard InChI is InChI=1S/C12H24O2/c1-9(2)12(10(3)4)11(5,6)7-13-8-14-12/h9-10H,7-8H2,1-6H3. The first-order valence-electron chi connectivity index (χ1n) is 5.56. The van der Waals surface area contributed by atoms with Crippen LogP contribution in [0.2, 0.25) is 0 Å². The summed E-state index contributed by atoms with van der Waals surface area (Å²) in [5.74, 6) is 1.03. The molecule has 2 nitrogen and oxygen atoms in total. The molecule has 1 saturated heterocycles. The van der Waals surface area contributed by atoms with Crippen LogP contribution in [0.25, 0.3) is 0 Å². The molecule has 1 fully saturated rings. The summed E-state index contributed by atoms with van der Waals surface area (Å²) >= 11 is 0. The van der Waals surface area contributed by atoms with Gasteiger partial charge in [-0.3, -0.25) is 0 Å². The van der Waals surface area contributed by atoms with Crippen LogP contribution in [0.15, 0.2) is 0 Å². The van der Waals surface area contributed by atoms with Crippen LogP contribution >= 0.6 is 0 Å². The molecule has 0 aromatic carbocycles. The highest BCUT2D eigenvalue weighted by molar-refractivity contribution is 5.00. The zero-order valence-corrected chi connectivity index (χ0v) is 10.4. The van der Waals surface area contributed by atoms with E-state index in [1.807, 2.05) is 0 Å². The highest BCUT2D eigenvalue weighted by atomic mass is 16.7. The summed E-state index contributed by atoms with van der Waals surface area (Å²) in [7, 11) is 0. The molecular formula is C12H24O2. The van der Waals surface area contributed by atoms with Crippen molar-refractivity contribution in [2.24, 2.45) is 17.3 Å². The topological polar surface area (TPSA) is 18.5 Å². The second-order valence-electron chi connectivity index (χ2n) is 5.60. The summed E-state index contributed by atoms with van der Waals surface area (Å²) in [5.41, 5.74) is 0.0405. The summed E-state index contributed by atoms with van der Waals surface area (Å²) in [4.78, 5) is 0. The minimum Gasteiger partial charge on any atom is -0.355 e. The SMILES string of the molecule is CC(C)C1(C(C)C)OCOCC1(C)C. The van der Waals surface area contributed by atoms with Crippen LogP contribution in [0.4, 0.5) is 0 Å². The lowest BCUT2D eigenvalue weighted by molar-refractivity contribution is -0.289. The molecule has 2 heteroatoms. The Labute approximate surface area is 88.0 Å². The number of rotatable bonds is 2. The first-order chi connectivity index (χ1) is 6.34. The predicted molar refractivity (Wildman–Crippen MR) is 58.1 cm³/mol. The van der Waals surface area contributed by atoms with Crippen LogP contribution in [0.3, 0.4) is 0 Å². The van der Waals surface area contributed by atoms with Gasteiger partial charge in [0, 0.05) is 5.41 Å². The van der Waals surface area contributed by atoms with E-state index in [9.17, 15) is 0 Å². The number of ether oxygens (including phenoxy) is 2. The zero-order chi connectivity index (χ0) is 11.0. The molecule has 14 heavy (non-hydrogen) atoms. The molecule has 0 N–H and O–H groups in total. The van der Waals surface area contributed by atoms with E-state index >= 15 is 0 Å².